The summed E-state index contributed by atoms with van der Waals surface area (Å²) in [6.45, 7) is 9.44. The van der Waals surface area contributed by atoms with E-state index in [0.29, 0.717) is 5.69 Å². The quantitative estimate of drug-likeness (QED) is 0.713. The van der Waals surface area contributed by atoms with Gasteiger partial charge in [-0.3, -0.25) is 9.10 Å². The average Bonchev–Trinajstić information content (AvgIpc) is 2.59. The third-order valence-electron chi connectivity index (χ3n) is 4.52. The number of sulfonamides is 1. The van der Waals surface area contributed by atoms with Crippen LogP contribution in [0.1, 0.15) is 30.5 Å². The number of aryl methyl sites for hydroxylation is 3. The topological polar surface area (TPSA) is 75.7 Å². The van der Waals surface area contributed by atoms with Crippen LogP contribution in [0.25, 0.3) is 0 Å². The third kappa shape index (κ3) is 6.22. The summed E-state index contributed by atoms with van der Waals surface area (Å²) in [5.74, 6) is 0.380. The summed E-state index contributed by atoms with van der Waals surface area (Å²) in [6.07, 6.45) is 1.11. The average molecular weight is 419 g/mol. The lowest BCUT2D eigenvalue weighted by molar-refractivity contribution is -0.122. The molecule has 0 saturated carbocycles. The van der Waals surface area contributed by atoms with Crippen molar-refractivity contribution in [2.45, 2.75) is 46.7 Å². The molecule has 158 valence electrons. The highest BCUT2D eigenvalue weighted by Crippen LogP contribution is 2.24. The molecular formula is C22H30N2O4S. The Hall–Kier alpha value is -2.54. The summed E-state index contributed by atoms with van der Waals surface area (Å²) < 4.78 is 31.9. The van der Waals surface area contributed by atoms with Gasteiger partial charge >= 0.3 is 0 Å². The van der Waals surface area contributed by atoms with Crippen molar-refractivity contribution >= 4 is 21.6 Å². The van der Waals surface area contributed by atoms with Crippen molar-refractivity contribution in [3.63, 3.8) is 0 Å². The molecular weight excluding hydrogens is 388 g/mol. The Morgan fingerprint density at radius 3 is 2.21 bits per heavy atom. The molecule has 0 aromatic heterocycles. The fraction of sp³-hybridized carbons (Fsp3) is 0.409. The molecule has 29 heavy (non-hydrogen) atoms. The molecule has 1 N–H and O–H groups in total. The van der Waals surface area contributed by atoms with Crippen molar-refractivity contribution in [3.05, 3.63) is 59.2 Å². The lowest BCUT2D eigenvalue weighted by atomic mass is 10.1. The Morgan fingerprint density at radius 2 is 1.66 bits per heavy atom. The number of nitrogens with zero attached hydrogens (tertiary/aromatic N) is 1. The van der Waals surface area contributed by atoms with Crippen LogP contribution in [0.15, 0.2) is 42.5 Å². The fourth-order valence-electron chi connectivity index (χ4n) is 3.22. The maximum Gasteiger partial charge on any atom is 0.243 e. The van der Waals surface area contributed by atoms with E-state index < -0.39 is 16.1 Å². The van der Waals surface area contributed by atoms with E-state index >= 15 is 0 Å². The molecule has 0 aliphatic rings. The molecule has 6 nitrogen and oxygen atoms in total. The number of amides is 1. The monoisotopic (exact) mass is 418 g/mol. The van der Waals surface area contributed by atoms with E-state index in [-0.39, 0.29) is 18.6 Å². The lowest BCUT2D eigenvalue weighted by Crippen LogP contribution is -2.50. The number of carbonyl (C=O) groups excluding carboxylic acids is 1. The summed E-state index contributed by atoms with van der Waals surface area (Å²) >= 11 is 0. The van der Waals surface area contributed by atoms with Crippen LogP contribution in [0.4, 0.5) is 5.69 Å². The number of carbonyl (C=O) groups is 1. The highest BCUT2D eigenvalue weighted by atomic mass is 32.2. The minimum atomic E-state index is -3.65. The molecule has 0 aliphatic carbocycles. The number of hydrogen-bond donors (Lipinski definition) is 1. The zero-order valence-electron chi connectivity index (χ0n) is 17.9. The summed E-state index contributed by atoms with van der Waals surface area (Å²) in [7, 11) is -3.65. The summed E-state index contributed by atoms with van der Waals surface area (Å²) in [4.78, 5) is 12.8. The van der Waals surface area contributed by atoms with Crippen LogP contribution in [-0.4, -0.2) is 39.3 Å². The molecule has 0 fully saturated rings. The maximum atomic E-state index is 12.8. The summed E-state index contributed by atoms with van der Waals surface area (Å²) in [5.41, 5.74) is 3.36. The van der Waals surface area contributed by atoms with Gasteiger partial charge in [-0.1, -0.05) is 24.3 Å². The molecule has 7 heteroatoms. The first-order chi connectivity index (χ1) is 13.5. The van der Waals surface area contributed by atoms with Crippen LogP contribution >= 0.6 is 0 Å². The van der Waals surface area contributed by atoms with Crippen LogP contribution < -0.4 is 14.4 Å². The zero-order chi connectivity index (χ0) is 21.8. The predicted molar refractivity (Wildman–Crippen MR) is 117 cm³/mol. The standard InChI is InChI=1S/C22H30N2O4S/c1-15-11-16(2)13-20(12-15)24(29(6,26)27)19(5)22(25)23-18(4)14-28-21-10-8-7-9-17(21)3/h7-13,18-19H,14H2,1-6H3,(H,23,25)/t18-,19-/m1/s1. The Bertz CT molecular complexity index is 952. The Morgan fingerprint density at radius 1 is 1.07 bits per heavy atom. The maximum absolute atomic E-state index is 12.8. The van der Waals surface area contributed by atoms with Crippen LogP contribution in [0.3, 0.4) is 0 Å². The van der Waals surface area contributed by atoms with Crippen molar-refractivity contribution in [2.24, 2.45) is 0 Å². The molecule has 2 aromatic rings. The number of benzene rings is 2. The van der Waals surface area contributed by atoms with Crippen LogP contribution in [0, 0.1) is 20.8 Å². The van der Waals surface area contributed by atoms with E-state index in [2.05, 4.69) is 5.32 Å². The molecule has 0 spiro atoms. The van der Waals surface area contributed by atoms with Crippen molar-refractivity contribution < 1.29 is 17.9 Å². The molecule has 2 aromatic carbocycles. The first kappa shape index (κ1) is 22.7. The van der Waals surface area contributed by atoms with Crippen molar-refractivity contribution in [2.75, 3.05) is 17.2 Å². The summed E-state index contributed by atoms with van der Waals surface area (Å²) in [6, 6.07) is 12.0. The lowest BCUT2D eigenvalue weighted by Gasteiger charge is -2.29. The fourth-order valence-corrected chi connectivity index (χ4v) is 4.38. The van der Waals surface area contributed by atoms with Gasteiger partial charge in [0.2, 0.25) is 15.9 Å². The van der Waals surface area contributed by atoms with Gasteiger partial charge in [0.25, 0.3) is 0 Å². The van der Waals surface area contributed by atoms with E-state index in [9.17, 15) is 13.2 Å². The molecule has 0 unspecified atom stereocenters. The predicted octanol–water partition coefficient (Wildman–Crippen LogP) is 3.35. The van der Waals surface area contributed by atoms with Gasteiger partial charge < -0.3 is 10.1 Å². The number of nitrogens with one attached hydrogen (secondary N) is 1. The van der Waals surface area contributed by atoms with Crippen LogP contribution in [0.5, 0.6) is 5.75 Å². The van der Waals surface area contributed by atoms with Crippen LogP contribution in [0.2, 0.25) is 0 Å². The van der Waals surface area contributed by atoms with Gasteiger partial charge in [-0.25, -0.2) is 8.42 Å². The highest BCUT2D eigenvalue weighted by Gasteiger charge is 2.30. The van der Waals surface area contributed by atoms with E-state index in [1.165, 1.54) is 0 Å². The normalized spacial score (nSPS) is 13.4. The zero-order valence-corrected chi connectivity index (χ0v) is 18.7. The minimum absolute atomic E-state index is 0.283. The van der Waals surface area contributed by atoms with E-state index in [0.717, 1.165) is 33.0 Å². The first-order valence-electron chi connectivity index (χ1n) is 9.55. The number of rotatable bonds is 8. The second-order valence-corrected chi connectivity index (χ2v) is 9.43. The third-order valence-corrected chi connectivity index (χ3v) is 5.76. The van der Waals surface area contributed by atoms with Crippen molar-refractivity contribution in [1.82, 2.24) is 5.32 Å². The first-order valence-corrected chi connectivity index (χ1v) is 11.4. The Balaban J connectivity index is 2.11. The molecule has 0 bridgehead atoms. The number of para-hydroxylation sites is 1. The van der Waals surface area contributed by atoms with Gasteiger partial charge in [0.05, 0.1) is 18.0 Å². The Labute approximate surface area is 173 Å². The van der Waals surface area contributed by atoms with Crippen molar-refractivity contribution in [1.29, 1.82) is 0 Å². The minimum Gasteiger partial charge on any atom is -0.491 e. The van der Waals surface area contributed by atoms with Gasteiger partial charge in [0, 0.05) is 0 Å². The van der Waals surface area contributed by atoms with Gasteiger partial charge in [-0.05, 0) is 69.5 Å². The summed E-state index contributed by atoms with van der Waals surface area (Å²) in [5, 5.41) is 2.85. The van der Waals surface area contributed by atoms with Crippen molar-refractivity contribution in [3.8, 4) is 5.75 Å². The van der Waals surface area contributed by atoms with E-state index in [1.54, 1.807) is 19.1 Å². The van der Waals surface area contributed by atoms with Gasteiger partial charge in [-0.2, -0.15) is 0 Å². The van der Waals surface area contributed by atoms with E-state index in [4.69, 9.17) is 4.74 Å². The Kier molecular flexibility index (Phi) is 7.30. The smallest absolute Gasteiger partial charge is 0.243 e. The second-order valence-electron chi connectivity index (χ2n) is 7.57. The molecule has 0 heterocycles. The SMILES string of the molecule is Cc1cc(C)cc(N([C@H](C)C(=O)N[C@H](C)COc2ccccc2C)S(C)(=O)=O)c1. The number of ether oxygens (including phenoxy) is 1. The molecule has 2 rings (SSSR count). The van der Waals surface area contributed by atoms with Gasteiger partial charge in [0.15, 0.2) is 0 Å². The molecule has 2 atom stereocenters. The molecule has 0 radical (unpaired) electrons. The number of anilines is 1. The second kappa shape index (κ2) is 9.31. The largest absolute Gasteiger partial charge is 0.491 e. The molecule has 1 amide bonds. The van der Waals surface area contributed by atoms with Gasteiger partial charge in [-0.15, -0.1) is 0 Å². The highest BCUT2D eigenvalue weighted by molar-refractivity contribution is 7.92. The van der Waals surface area contributed by atoms with Gasteiger partial charge in [0.1, 0.15) is 18.4 Å². The van der Waals surface area contributed by atoms with Crippen LogP contribution in [-0.2, 0) is 14.8 Å². The molecule has 0 saturated heterocycles. The number of hydrogen-bond acceptors (Lipinski definition) is 4. The van der Waals surface area contributed by atoms with E-state index in [1.807, 2.05) is 58.0 Å². The molecule has 0 aliphatic heterocycles.